The summed E-state index contributed by atoms with van der Waals surface area (Å²) in [5, 5.41) is 7.02. The summed E-state index contributed by atoms with van der Waals surface area (Å²) in [6.45, 7) is 1.11. The van der Waals surface area contributed by atoms with Crippen molar-refractivity contribution in [2.75, 3.05) is 24.3 Å². The number of nitrogens with one attached hydrogen (secondary N) is 2. The van der Waals surface area contributed by atoms with E-state index in [-0.39, 0.29) is 11.5 Å². The molecule has 2 N–H and O–H groups in total. The molecule has 0 aliphatic carbocycles. The van der Waals surface area contributed by atoms with Crippen molar-refractivity contribution < 1.29 is 18.3 Å². The largest absolute Gasteiger partial charge is 0.378 e. The number of thiazole rings is 1. The standard InChI is InChI=1S/C23H24F2N3O2PS/c1-30-13-19-21(15-6-9-18-16(11-15)12-20(29)27-18)32-22(28-19)26-10-2-3-14-4-7-17(8-5-14)23(24,25)31/h4-9,11H,2-3,10,12-13,31H2,1H3,(H,26,28)(H,27,29). The molecule has 1 aliphatic rings. The van der Waals surface area contributed by atoms with Crippen LogP contribution < -0.4 is 10.6 Å². The molecule has 9 heteroatoms. The highest BCUT2D eigenvalue weighted by atomic mass is 32.1. The van der Waals surface area contributed by atoms with Gasteiger partial charge in [-0.15, -0.1) is 0 Å². The lowest BCUT2D eigenvalue weighted by atomic mass is 10.1. The van der Waals surface area contributed by atoms with E-state index >= 15 is 0 Å². The number of fused-ring (bicyclic) bond motifs is 1. The van der Waals surface area contributed by atoms with E-state index in [1.54, 1.807) is 39.8 Å². The molecule has 5 nitrogen and oxygen atoms in total. The van der Waals surface area contributed by atoms with Crippen molar-refractivity contribution in [1.29, 1.82) is 0 Å². The maximum atomic E-state index is 13.3. The van der Waals surface area contributed by atoms with Crippen LogP contribution in [0.3, 0.4) is 0 Å². The molecule has 0 saturated heterocycles. The van der Waals surface area contributed by atoms with Crippen molar-refractivity contribution >= 4 is 37.3 Å². The Morgan fingerprint density at radius 2 is 2.03 bits per heavy atom. The Labute approximate surface area is 191 Å². The normalized spacial score (nSPS) is 13.2. The van der Waals surface area contributed by atoms with E-state index < -0.39 is 5.66 Å². The number of hydrogen-bond acceptors (Lipinski definition) is 5. The van der Waals surface area contributed by atoms with E-state index in [0.29, 0.717) is 19.6 Å². The van der Waals surface area contributed by atoms with E-state index in [9.17, 15) is 13.6 Å². The van der Waals surface area contributed by atoms with Gasteiger partial charge in [0.25, 0.3) is 5.66 Å². The second kappa shape index (κ2) is 9.61. The maximum absolute atomic E-state index is 13.3. The van der Waals surface area contributed by atoms with Crippen molar-refractivity contribution in [3.8, 4) is 10.4 Å². The Hall–Kier alpha value is -2.41. The summed E-state index contributed by atoms with van der Waals surface area (Å²) in [6, 6.07) is 12.4. The summed E-state index contributed by atoms with van der Waals surface area (Å²) in [5.74, 6) is 0.0119. The van der Waals surface area contributed by atoms with Crippen molar-refractivity contribution in [3.63, 3.8) is 0 Å². The van der Waals surface area contributed by atoms with Crippen molar-refractivity contribution in [1.82, 2.24) is 4.98 Å². The number of alkyl halides is 2. The van der Waals surface area contributed by atoms with Gasteiger partial charge in [-0.2, -0.15) is 8.78 Å². The first-order chi connectivity index (χ1) is 15.3. The number of aryl methyl sites for hydroxylation is 1. The Kier molecular flexibility index (Phi) is 6.84. The highest BCUT2D eigenvalue weighted by molar-refractivity contribution is 7.19. The molecule has 0 fully saturated rings. The summed E-state index contributed by atoms with van der Waals surface area (Å²) >= 11 is 1.56. The Balaban J connectivity index is 1.38. The number of anilines is 2. The highest BCUT2D eigenvalue weighted by Crippen LogP contribution is 2.37. The van der Waals surface area contributed by atoms with Gasteiger partial charge in [0.1, 0.15) is 0 Å². The molecule has 0 spiro atoms. The molecule has 1 unspecified atom stereocenters. The quantitative estimate of drug-likeness (QED) is 0.321. The van der Waals surface area contributed by atoms with Gasteiger partial charge >= 0.3 is 0 Å². The number of aromatic nitrogens is 1. The fraction of sp³-hybridized carbons (Fsp3) is 0.304. The number of nitrogens with zero attached hydrogens (tertiary/aromatic N) is 1. The average Bonchev–Trinajstić information content (AvgIpc) is 3.32. The summed E-state index contributed by atoms with van der Waals surface area (Å²) in [4.78, 5) is 17.3. The van der Waals surface area contributed by atoms with Gasteiger partial charge in [0.05, 0.1) is 23.6 Å². The van der Waals surface area contributed by atoms with E-state index in [0.717, 1.165) is 50.9 Å². The van der Waals surface area contributed by atoms with Crippen molar-refractivity contribution in [2.24, 2.45) is 0 Å². The second-order valence-corrected chi connectivity index (χ2v) is 9.40. The minimum absolute atomic E-state index is 0.00272. The fourth-order valence-corrected chi connectivity index (χ4v) is 4.82. The van der Waals surface area contributed by atoms with Gasteiger partial charge < -0.3 is 15.4 Å². The van der Waals surface area contributed by atoms with E-state index in [1.165, 1.54) is 12.1 Å². The van der Waals surface area contributed by atoms with Gasteiger partial charge in [0.15, 0.2) is 5.13 Å². The lowest BCUT2D eigenvalue weighted by molar-refractivity contribution is -0.115. The number of amides is 1. The molecule has 168 valence electrons. The van der Waals surface area contributed by atoms with Crippen LogP contribution in [0.2, 0.25) is 0 Å². The Morgan fingerprint density at radius 3 is 2.75 bits per heavy atom. The van der Waals surface area contributed by atoms with Gasteiger partial charge in [-0.05, 0) is 41.7 Å². The number of carbonyl (C=O) groups is 1. The Morgan fingerprint density at radius 1 is 1.25 bits per heavy atom. The van der Waals surface area contributed by atoms with Crippen LogP contribution >= 0.6 is 20.6 Å². The van der Waals surface area contributed by atoms with E-state index in [2.05, 4.69) is 15.6 Å². The molecule has 0 saturated carbocycles. The molecular weight excluding hydrogens is 451 g/mol. The third-order valence-electron chi connectivity index (χ3n) is 5.23. The number of methoxy groups -OCH3 is 1. The van der Waals surface area contributed by atoms with Gasteiger partial charge in [0, 0.05) is 24.9 Å². The minimum Gasteiger partial charge on any atom is -0.378 e. The van der Waals surface area contributed by atoms with Crippen LogP contribution in [-0.4, -0.2) is 24.5 Å². The molecule has 2 aromatic carbocycles. The van der Waals surface area contributed by atoms with Gasteiger partial charge in [0.2, 0.25) is 5.91 Å². The number of benzene rings is 2. The van der Waals surface area contributed by atoms with Gasteiger partial charge in [-0.25, -0.2) is 4.98 Å². The molecule has 1 aromatic heterocycles. The number of rotatable bonds is 9. The first-order valence-corrected chi connectivity index (χ1v) is 11.6. The van der Waals surface area contributed by atoms with Crippen LogP contribution in [-0.2, 0) is 34.6 Å². The minimum atomic E-state index is -2.90. The van der Waals surface area contributed by atoms with Crippen LogP contribution in [0.15, 0.2) is 42.5 Å². The first-order valence-electron chi connectivity index (χ1n) is 10.3. The fourth-order valence-electron chi connectivity index (χ4n) is 3.64. The zero-order valence-electron chi connectivity index (χ0n) is 17.6. The molecule has 4 rings (SSSR count). The number of halogens is 2. The average molecular weight is 476 g/mol. The smallest absolute Gasteiger partial charge is 0.283 e. The van der Waals surface area contributed by atoms with Gasteiger partial charge in [-0.3, -0.25) is 4.79 Å². The molecule has 0 bridgehead atoms. The van der Waals surface area contributed by atoms with Gasteiger partial charge in [-0.1, -0.05) is 50.9 Å². The number of hydrogen-bond donors (Lipinski definition) is 2. The third kappa shape index (κ3) is 5.31. The second-order valence-electron chi connectivity index (χ2n) is 7.67. The van der Waals surface area contributed by atoms with Crippen LogP contribution in [0.25, 0.3) is 10.4 Å². The van der Waals surface area contributed by atoms with E-state index in [1.807, 2.05) is 18.2 Å². The van der Waals surface area contributed by atoms with Crippen molar-refractivity contribution in [3.05, 3.63) is 64.8 Å². The topological polar surface area (TPSA) is 63.2 Å². The lowest BCUT2D eigenvalue weighted by Gasteiger charge is -2.11. The monoisotopic (exact) mass is 475 g/mol. The summed E-state index contributed by atoms with van der Waals surface area (Å²) < 4.78 is 31.9. The van der Waals surface area contributed by atoms with Crippen LogP contribution in [0.4, 0.5) is 19.6 Å². The maximum Gasteiger partial charge on any atom is 0.283 e. The molecule has 3 aromatic rings. The molecule has 32 heavy (non-hydrogen) atoms. The first kappa shape index (κ1) is 22.8. The number of ether oxygens (including phenoxy) is 1. The highest BCUT2D eigenvalue weighted by Gasteiger charge is 2.24. The summed E-state index contributed by atoms with van der Waals surface area (Å²) in [7, 11) is 3.20. The van der Waals surface area contributed by atoms with Crippen molar-refractivity contribution in [2.45, 2.75) is 31.5 Å². The molecular formula is C23H24F2N3O2PS. The molecule has 2 heterocycles. The SMILES string of the molecule is COCc1nc(NCCCc2ccc(C(F)(F)P)cc2)sc1-c1ccc2c(c1)CC(=O)N2. The third-order valence-corrected chi connectivity index (χ3v) is 6.67. The zero-order chi connectivity index (χ0) is 22.7. The Bertz CT molecular complexity index is 1110. The van der Waals surface area contributed by atoms with Crippen LogP contribution in [0.1, 0.15) is 28.8 Å². The lowest BCUT2D eigenvalue weighted by Crippen LogP contribution is -2.04. The van der Waals surface area contributed by atoms with Crippen LogP contribution in [0.5, 0.6) is 0 Å². The van der Waals surface area contributed by atoms with E-state index in [4.69, 9.17) is 4.74 Å². The molecule has 0 radical (unpaired) electrons. The molecule has 1 atom stereocenters. The summed E-state index contributed by atoms with van der Waals surface area (Å²) in [6.07, 6.45) is 2.02. The predicted molar refractivity (Wildman–Crippen MR) is 127 cm³/mol. The van der Waals surface area contributed by atoms with Crippen LogP contribution in [0, 0.1) is 0 Å². The predicted octanol–water partition coefficient (Wildman–Crippen LogP) is 5.42. The zero-order valence-corrected chi connectivity index (χ0v) is 19.6. The molecule has 1 aliphatic heterocycles. The number of carbonyl (C=O) groups excluding carboxylic acids is 1. The summed E-state index contributed by atoms with van der Waals surface area (Å²) in [5.41, 5.74) is 1.85. The molecule has 1 amide bonds.